The van der Waals surface area contributed by atoms with Gasteiger partial charge in [0.15, 0.2) is 0 Å². The Morgan fingerprint density at radius 2 is 1.89 bits per heavy atom. The number of hydrogen-bond acceptors (Lipinski definition) is 3. The minimum Gasteiger partial charge on any atom is -0.481 e. The minimum absolute atomic E-state index is 0.00933. The summed E-state index contributed by atoms with van der Waals surface area (Å²) in [6.45, 7) is 7.00. The van der Waals surface area contributed by atoms with Crippen molar-refractivity contribution in [2.75, 3.05) is 39.8 Å². The molecule has 1 N–H and O–H groups in total. The summed E-state index contributed by atoms with van der Waals surface area (Å²) in [6, 6.07) is 0.344. The average Bonchev–Trinajstić information content (AvgIpc) is 2.76. The van der Waals surface area contributed by atoms with Gasteiger partial charge in [-0.1, -0.05) is 0 Å². The number of aliphatic carboxylic acids is 1. The Morgan fingerprint density at radius 3 is 2.42 bits per heavy atom. The lowest BCUT2D eigenvalue weighted by molar-refractivity contribution is -0.147. The van der Waals surface area contributed by atoms with E-state index >= 15 is 0 Å². The highest BCUT2D eigenvalue weighted by molar-refractivity contribution is 5.79. The molecule has 0 aromatic rings. The number of amides is 2. The number of nitrogens with zero attached hydrogens (tertiary/aromatic N) is 3. The Morgan fingerprint density at radius 1 is 1.21 bits per heavy atom. The first kappa shape index (κ1) is 14.1. The monoisotopic (exact) mass is 269 g/mol. The van der Waals surface area contributed by atoms with E-state index in [1.807, 2.05) is 4.90 Å². The lowest BCUT2D eigenvalue weighted by Gasteiger charge is -2.39. The fraction of sp³-hybridized carbons (Fsp3) is 0.846. The molecular weight excluding hydrogens is 246 g/mol. The van der Waals surface area contributed by atoms with Gasteiger partial charge >= 0.3 is 12.0 Å². The number of piperazine rings is 1. The van der Waals surface area contributed by atoms with Crippen LogP contribution < -0.4 is 0 Å². The van der Waals surface area contributed by atoms with Gasteiger partial charge < -0.3 is 19.8 Å². The van der Waals surface area contributed by atoms with Gasteiger partial charge in [0.2, 0.25) is 0 Å². The number of urea groups is 1. The predicted molar refractivity (Wildman–Crippen MR) is 71.0 cm³/mol. The molecule has 2 fully saturated rings. The largest absolute Gasteiger partial charge is 0.481 e. The molecule has 6 heteroatoms. The minimum atomic E-state index is -0.811. The van der Waals surface area contributed by atoms with Gasteiger partial charge in [-0.15, -0.1) is 0 Å². The molecule has 2 atom stereocenters. The summed E-state index contributed by atoms with van der Waals surface area (Å²) in [6.07, 6.45) is 0.539. The van der Waals surface area contributed by atoms with Crippen LogP contribution in [0.25, 0.3) is 0 Å². The third-order valence-electron chi connectivity index (χ3n) is 4.49. The predicted octanol–water partition coefficient (Wildman–Crippen LogP) is 0.539. The highest BCUT2D eigenvalue weighted by Gasteiger charge is 2.43. The first-order chi connectivity index (χ1) is 8.83. The zero-order valence-electron chi connectivity index (χ0n) is 11.9. The van der Waals surface area contributed by atoms with Crippen LogP contribution >= 0.6 is 0 Å². The topological polar surface area (TPSA) is 64.1 Å². The third kappa shape index (κ3) is 2.68. The van der Waals surface area contributed by atoms with Crippen LogP contribution in [0.3, 0.4) is 0 Å². The van der Waals surface area contributed by atoms with Gasteiger partial charge in [-0.05, 0) is 27.3 Å². The van der Waals surface area contributed by atoms with Crippen molar-refractivity contribution in [3.8, 4) is 0 Å². The highest BCUT2D eigenvalue weighted by Crippen LogP contribution is 2.30. The Labute approximate surface area is 114 Å². The van der Waals surface area contributed by atoms with Gasteiger partial charge in [0.25, 0.3) is 0 Å². The second-order valence-electron chi connectivity index (χ2n) is 6.10. The van der Waals surface area contributed by atoms with E-state index in [1.54, 1.807) is 11.8 Å². The van der Waals surface area contributed by atoms with Crippen molar-refractivity contribution in [1.82, 2.24) is 14.7 Å². The van der Waals surface area contributed by atoms with E-state index in [1.165, 1.54) is 0 Å². The maximum atomic E-state index is 12.4. The smallest absolute Gasteiger partial charge is 0.320 e. The lowest BCUT2D eigenvalue weighted by atomic mass is 9.90. The molecule has 2 rings (SSSR count). The van der Waals surface area contributed by atoms with Crippen LogP contribution in [0.15, 0.2) is 0 Å². The summed E-state index contributed by atoms with van der Waals surface area (Å²) in [4.78, 5) is 29.4. The van der Waals surface area contributed by atoms with E-state index in [0.717, 1.165) is 19.6 Å². The van der Waals surface area contributed by atoms with Gasteiger partial charge in [0.1, 0.15) is 0 Å². The lowest BCUT2D eigenvalue weighted by Crippen LogP contribution is -2.55. The molecule has 0 radical (unpaired) electrons. The SMILES string of the molecule is CC1CN(C(=O)N2CCC(C)(C(=O)O)C2)CCN1C. The fourth-order valence-electron chi connectivity index (χ4n) is 2.72. The zero-order chi connectivity index (χ0) is 14.2. The first-order valence-corrected chi connectivity index (χ1v) is 6.81. The van der Waals surface area contributed by atoms with Crippen molar-refractivity contribution < 1.29 is 14.7 Å². The summed E-state index contributed by atoms with van der Waals surface area (Å²) in [5.74, 6) is -0.811. The van der Waals surface area contributed by atoms with Gasteiger partial charge in [0.05, 0.1) is 5.41 Å². The Hall–Kier alpha value is -1.30. The molecular formula is C13H23N3O3. The van der Waals surface area contributed by atoms with E-state index in [0.29, 0.717) is 25.6 Å². The molecule has 2 heterocycles. The van der Waals surface area contributed by atoms with Crippen molar-refractivity contribution in [2.45, 2.75) is 26.3 Å². The van der Waals surface area contributed by atoms with Crippen molar-refractivity contribution in [2.24, 2.45) is 5.41 Å². The molecule has 19 heavy (non-hydrogen) atoms. The van der Waals surface area contributed by atoms with Gasteiger partial charge in [-0.3, -0.25) is 4.79 Å². The molecule has 2 saturated heterocycles. The number of likely N-dealkylation sites (tertiary alicyclic amines) is 1. The Bertz CT molecular complexity index is 387. The van der Waals surface area contributed by atoms with E-state index < -0.39 is 11.4 Å². The Balaban J connectivity index is 1.97. The summed E-state index contributed by atoms with van der Waals surface area (Å²) >= 11 is 0. The van der Waals surface area contributed by atoms with Crippen LogP contribution in [-0.4, -0.2) is 77.6 Å². The molecule has 2 aliphatic heterocycles. The molecule has 0 saturated carbocycles. The Kier molecular flexibility index (Phi) is 3.71. The molecule has 0 spiro atoms. The molecule has 6 nitrogen and oxygen atoms in total. The zero-order valence-corrected chi connectivity index (χ0v) is 11.9. The number of carbonyl (C=O) groups is 2. The second-order valence-corrected chi connectivity index (χ2v) is 6.10. The highest BCUT2D eigenvalue weighted by atomic mass is 16.4. The number of likely N-dealkylation sites (N-methyl/N-ethyl adjacent to an activating group) is 1. The van der Waals surface area contributed by atoms with Gasteiger partial charge in [0, 0.05) is 38.8 Å². The molecule has 0 aliphatic carbocycles. The summed E-state index contributed by atoms with van der Waals surface area (Å²) in [5, 5.41) is 9.20. The number of carboxylic acid groups (broad SMARTS) is 1. The van der Waals surface area contributed by atoms with Crippen LogP contribution in [0, 0.1) is 5.41 Å². The van der Waals surface area contributed by atoms with Gasteiger partial charge in [-0.2, -0.15) is 0 Å². The van der Waals surface area contributed by atoms with E-state index in [-0.39, 0.29) is 6.03 Å². The van der Waals surface area contributed by atoms with Crippen molar-refractivity contribution in [1.29, 1.82) is 0 Å². The maximum absolute atomic E-state index is 12.4. The average molecular weight is 269 g/mol. The summed E-state index contributed by atoms with van der Waals surface area (Å²) in [5.41, 5.74) is -0.784. The van der Waals surface area contributed by atoms with Gasteiger partial charge in [-0.25, -0.2) is 4.79 Å². The number of rotatable bonds is 1. The normalized spacial score (nSPS) is 32.7. The molecule has 2 amide bonds. The van der Waals surface area contributed by atoms with Crippen LogP contribution in [0.4, 0.5) is 4.79 Å². The molecule has 2 unspecified atom stereocenters. The van der Waals surface area contributed by atoms with Crippen LogP contribution in [0.2, 0.25) is 0 Å². The van der Waals surface area contributed by atoms with Crippen LogP contribution in [0.1, 0.15) is 20.3 Å². The molecule has 0 aromatic carbocycles. The van der Waals surface area contributed by atoms with E-state index in [2.05, 4.69) is 18.9 Å². The van der Waals surface area contributed by atoms with Crippen molar-refractivity contribution >= 4 is 12.0 Å². The number of carboxylic acids is 1. The standard InChI is InChI=1S/C13H23N3O3/c1-10-8-15(7-6-14(10)3)12(19)16-5-4-13(2,9-16)11(17)18/h10H,4-9H2,1-3H3,(H,17,18). The number of hydrogen-bond donors (Lipinski definition) is 1. The summed E-state index contributed by atoms with van der Waals surface area (Å²) < 4.78 is 0. The van der Waals surface area contributed by atoms with Crippen molar-refractivity contribution in [3.63, 3.8) is 0 Å². The van der Waals surface area contributed by atoms with E-state index in [4.69, 9.17) is 0 Å². The molecule has 108 valence electrons. The van der Waals surface area contributed by atoms with Crippen LogP contribution in [-0.2, 0) is 4.79 Å². The second kappa shape index (κ2) is 5.00. The third-order valence-corrected chi connectivity index (χ3v) is 4.49. The number of carbonyl (C=O) groups excluding carboxylic acids is 1. The molecule has 0 bridgehead atoms. The molecule has 0 aromatic heterocycles. The summed E-state index contributed by atoms with van der Waals surface area (Å²) in [7, 11) is 2.06. The van der Waals surface area contributed by atoms with Crippen LogP contribution in [0.5, 0.6) is 0 Å². The first-order valence-electron chi connectivity index (χ1n) is 6.81. The molecule has 2 aliphatic rings. The van der Waals surface area contributed by atoms with Crippen molar-refractivity contribution in [3.05, 3.63) is 0 Å². The van der Waals surface area contributed by atoms with E-state index in [9.17, 15) is 14.7 Å². The fourth-order valence-corrected chi connectivity index (χ4v) is 2.72. The quantitative estimate of drug-likeness (QED) is 0.754. The maximum Gasteiger partial charge on any atom is 0.320 e.